The minimum atomic E-state index is -4.38. The van der Waals surface area contributed by atoms with Crippen molar-refractivity contribution in [2.45, 2.75) is 65.7 Å². The predicted octanol–water partition coefficient (Wildman–Crippen LogP) is 2.96. The number of rotatable bonds is 15. The van der Waals surface area contributed by atoms with E-state index in [1.807, 2.05) is 41.5 Å². The Bertz CT molecular complexity index is 1450. The molecule has 0 bridgehead atoms. The molecule has 5 N–H and O–H groups in total. The summed E-state index contributed by atoms with van der Waals surface area (Å²) in [7, 11) is -4.38. The molecule has 3 rings (SSSR count). The molecule has 3 aromatic rings. The van der Waals surface area contributed by atoms with Crippen LogP contribution in [-0.2, 0) is 29.6 Å². The summed E-state index contributed by atoms with van der Waals surface area (Å²) in [6, 6.07) is 6.67. The first kappa shape index (κ1) is 33.4. The molecule has 232 valence electrons. The van der Waals surface area contributed by atoms with Gasteiger partial charge in [-0.1, -0.05) is 26.0 Å². The number of ether oxygens (including phenoxy) is 2. The molecule has 0 aliphatic carbocycles. The van der Waals surface area contributed by atoms with E-state index < -0.39 is 25.4 Å². The monoisotopic (exact) mass is 608 g/mol. The number of nitrogens with zero attached hydrogens (tertiary/aromatic N) is 3. The van der Waals surface area contributed by atoms with Crippen LogP contribution in [-0.4, -0.2) is 75.0 Å². The van der Waals surface area contributed by atoms with Gasteiger partial charge in [-0.05, 0) is 45.4 Å². The lowest BCUT2D eigenvalue weighted by Gasteiger charge is -2.27. The molecule has 0 saturated carbocycles. The van der Waals surface area contributed by atoms with Crippen LogP contribution in [0.25, 0.3) is 11.2 Å². The van der Waals surface area contributed by atoms with Crippen LogP contribution in [0.1, 0.15) is 69.2 Å². The average molecular weight is 609 g/mol. The molecular formula is C27H41N6O8P. The van der Waals surface area contributed by atoms with Crippen LogP contribution in [0.4, 0.5) is 5.82 Å². The van der Waals surface area contributed by atoms with Gasteiger partial charge in [0.1, 0.15) is 17.4 Å². The molecule has 0 fully saturated rings. The summed E-state index contributed by atoms with van der Waals surface area (Å²) in [4.78, 5) is 46.6. The summed E-state index contributed by atoms with van der Waals surface area (Å²) in [5.74, 6) is 0.370. The van der Waals surface area contributed by atoms with Crippen molar-refractivity contribution < 1.29 is 32.8 Å². The quantitative estimate of drug-likeness (QED) is 0.146. The third-order valence-electron chi connectivity index (χ3n) is 5.83. The third kappa shape index (κ3) is 9.72. The highest BCUT2D eigenvalue weighted by molar-refractivity contribution is 7.47. The molecule has 0 spiro atoms. The number of hydrogen-bond donors (Lipinski definition) is 4. The SMILES string of the molecule is CCOCC(COP(=O)(O)OCCNC(=O)c1ccc(Cn2c(=O)[nH]c3c(N)nc(C(C)C)nc32)cc1)OC(C)(C)C. The van der Waals surface area contributed by atoms with E-state index in [2.05, 4.69) is 20.3 Å². The molecule has 14 nitrogen and oxygen atoms in total. The third-order valence-corrected chi connectivity index (χ3v) is 6.82. The van der Waals surface area contributed by atoms with Crippen molar-refractivity contribution in [3.63, 3.8) is 0 Å². The van der Waals surface area contributed by atoms with E-state index in [1.54, 1.807) is 24.3 Å². The van der Waals surface area contributed by atoms with Crippen molar-refractivity contribution in [3.05, 3.63) is 51.7 Å². The van der Waals surface area contributed by atoms with E-state index in [1.165, 1.54) is 4.57 Å². The summed E-state index contributed by atoms with van der Waals surface area (Å²) in [6.45, 7) is 11.7. The highest BCUT2D eigenvalue weighted by Gasteiger charge is 2.26. The number of aromatic amines is 1. The molecule has 2 aromatic heterocycles. The zero-order valence-corrected chi connectivity index (χ0v) is 25.8. The number of imidazole rings is 1. The van der Waals surface area contributed by atoms with E-state index in [0.717, 1.165) is 5.56 Å². The molecule has 0 aliphatic heterocycles. The van der Waals surface area contributed by atoms with Crippen molar-refractivity contribution in [2.75, 3.05) is 38.7 Å². The molecule has 15 heteroatoms. The van der Waals surface area contributed by atoms with Crippen molar-refractivity contribution in [1.82, 2.24) is 24.8 Å². The Balaban J connectivity index is 1.51. The van der Waals surface area contributed by atoms with Gasteiger partial charge >= 0.3 is 13.5 Å². The molecule has 0 aliphatic rings. The summed E-state index contributed by atoms with van der Waals surface area (Å²) < 4.78 is 34.9. The molecule has 2 atom stereocenters. The maximum absolute atomic E-state index is 12.6. The molecule has 42 heavy (non-hydrogen) atoms. The van der Waals surface area contributed by atoms with Gasteiger partial charge < -0.3 is 30.4 Å². The number of nitrogen functional groups attached to an aromatic ring is 1. The lowest BCUT2D eigenvalue weighted by atomic mass is 10.1. The topological polar surface area (TPSA) is 193 Å². The van der Waals surface area contributed by atoms with Crippen LogP contribution in [0.2, 0.25) is 0 Å². The Kier molecular flexibility index (Phi) is 11.4. The minimum Gasteiger partial charge on any atom is -0.382 e. The number of fused-ring (bicyclic) bond motifs is 1. The number of nitrogens with two attached hydrogens (primary N) is 1. The molecule has 0 radical (unpaired) electrons. The highest BCUT2D eigenvalue weighted by Crippen LogP contribution is 2.43. The number of phosphoric acid groups is 1. The van der Waals surface area contributed by atoms with Gasteiger partial charge in [0.2, 0.25) is 0 Å². The number of phosphoric ester groups is 1. The molecule has 2 unspecified atom stereocenters. The summed E-state index contributed by atoms with van der Waals surface area (Å²) >= 11 is 0. The number of nitrogens with one attached hydrogen (secondary N) is 2. The number of anilines is 1. The Morgan fingerprint density at radius 3 is 2.48 bits per heavy atom. The first-order valence-electron chi connectivity index (χ1n) is 13.7. The molecule has 1 amide bonds. The van der Waals surface area contributed by atoms with E-state index >= 15 is 0 Å². The zero-order chi connectivity index (χ0) is 31.1. The fourth-order valence-corrected chi connectivity index (χ4v) is 4.68. The second-order valence-electron chi connectivity index (χ2n) is 10.9. The van der Waals surface area contributed by atoms with Gasteiger partial charge in [0.25, 0.3) is 5.91 Å². The number of amides is 1. The van der Waals surface area contributed by atoms with Gasteiger partial charge in [-0.25, -0.2) is 19.3 Å². The van der Waals surface area contributed by atoms with Crippen molar-refractivity contribution in [3.8, 4) is 0 Å². The Labute approximate surface area is 244 Å². The summed E-state index contributed by atoms with van der Waals surface area (Å²) in [5.41, 5.74) is 7.07. The van der Waals surface area contributed by atoms with Crippen molar-refractivity contribution in [2.24, 2.45) is 0 Å². The number of aromatic nitrogens is 4. The average Bonchev–Trinajstić information content (AvgIpc) is 3.23. The molecule has 2 heterocycles. The summed E-state index contributed by atoms with van der Waals surface area (Å²) in [6.07, 6.45) is -0.560. The fraction of sp³-hybridized carbons (Fsp3) is 0.556. The van der Waals surface area contributed by atoms with E-state index in [-0.39, 0.29) is 50.3 Å². The number of benzene rings is 1. The Morgan fingerprint density at radius 2 is 1.86 bits per heavy atom. The first-order chi connectivity index (χ1) is 19.7. The maximum atomic E-state index is 12.6. The van der Waals surface area contributed by atoms with Gasteiger partial charge in [0.05, 0.1) is 32.0 Å². The largest absolute Gasteiger partial charge is 0.472 e. The van der Waals surface area contributed by atoms with E-state index in [4.69, 9.17) is 24.3 Å². The first-order valence-corrected chi connectivity index (χ1v) is 15.2. The second-order valence-corrected chi connectivity index (χ2v) is 12.4. The van der Waals surface area contributed by atoms with Gasteiger partial charge in [-0.15, -0.1) is 0 Å². The van der Waals surface area contributed by atoms with Gasteiger partial charge in [0, 0.05) is 24.6 Å². The van der Waals surface area contributed by atoms with E-state index in [0.29, 0.717) is 29.2 Å². The molecular weight excluding hydrogens is 567 g/mol. The van der Waals surface area contributed by atoms with Crippen LogP contribution in [0.5, 0.6) is 0 Å². The van der Waals surface area contributed by atoms with Crippen LogP contribution in [0, 0.1) is 0 Å². The number of H-pyrrole nitrogens is 1. The molecule has 0 saturated heterocycles. The van der Waals surface area contributed by atoms with Gasteiger partial charge in [-0.3, -0.25) is 18.4 Å². The number of carbonyl (C=O) groups is 1. The lowest BCUT2D eigenvalue weighted by Crippen LogP contribution is -2.34. The summed E-state index contributed by atoms with van der Waals surface area (Å²) in [5, 5.41) is 2.63. The van der Waals surface area contributed by atoms with E-state index in [9.17, 15) is 19.0 Å². The number of hydrogen-bond acceptors (Lipinski definition) is 10. The van der Waals surface area contributed by atoms with Gasteiger partial charge in [-0.2, -0.15) is 0 Å². The second kappa shape index (κ2) is 14.4. The smallest absolute Gasteiger partial charge is 0.382 e. The molecule has 1 aromatic carbocycles. The standard InChI is InChI=1S/C27H41N6O8P/c1-7-38-15-20(41-27(4,5)6)16-40-42(36,37)39-13-12-29-25(34)19-10-8-18(9-11-19)14-33-24-21(30-26(33)35)22(28)31-23(32-24)17(2)3/h8-11,17,20H,7,12-16H2,1-6H3,(H,29,34)(H,30,35)(H,36,37)(H2,28,31,32). The minimum absolute atomic E-state index is 0.0284. The maximum Gasteiger partial charge on any atom is 0.472 e. The zero-order valence-electron chi connectivity index (χ0n) is 24.9. The Hall–Kier alpha value is -3.13. The predicted molar refractivity (Wildman–Crippen MR) is 157 cm³/mol. The van der Waals surface area contributed by atoms with Crippen LogP contribution in [0.3, 0.4) is 0 Å². The van der Waals surface area contributed by atoms with Gasteiger partial charge in [0.15, 0.2) is 11.5 Å². The van der Waals surface area contributed by atoms with Crippen molar-refractivity contribution >= 4 is 30.7 Å². The van der Waals surface area contributed by atoms with Crippen LogP contribution < -0.4 is 16.7 Å². The lowest BCUT2D eigenvalue weighted by molar-refractivity contribution is -0.108. The van der Waals surface area contributed by atoms with Crippen LogP contribution >= 0.6 is 7.82 Å². The highest BCUT2D eigenvalue weighted by atomic mass is 31.2. The Morgan fingerprint density at radius 1 is 1.17 bits per heavy atom. The normalized spacial score (nSPS) is 14.3. The van der Waals surface area contributed by atoms with Crippen molar-refractivity contribution in [1.29, 1.82) is 0 Å². The van der Waals surface area contributed by atoms with Crippen LogP contribution in [0.15, 0.2) is 29.1 Å². The number of carbonyl (C=O) groups excluding carboxylic acids is 1. The fourth-order valence-electron chi connectivity index (χ4n) is 3.93.